The number of amides is 2. The van der Waals surface area contributed by atoms with Crippen molar-refractivity contribution >= 4 is 11.8 Å². The van der Waals surface area contributed by atoms with Gasteiger partial charge in [-0.1, -0.05) is 68.7 Å². The van der Waals surface area contributed by atoms with Gasteiger partial charge >= 0.3 is 0 Å². The van der Waals surface area contributed by atoms with E-state index < -0.39 is 0 Å². The van der Waals surface area contributed by atoms with E-state index in [1.165, 1.54) is 24.8 Å². The summed E-state index contributed by atoms with van der Waals surface area (Å²) in [7, 11) is 1.60. The van der Waals surface area contributed by atoms with E-state index in [-0.39, 0.29) is 17.2 Å². The molecule has 1 fully saturated rings. The van der Waals surface area contributed by atoms with Gasteiger partial charge < -0.3 is 15.8 Å². The van der Waals surface area contributed by atoms with E-state index in [9.17, 15) is 9.59 Å². The summed E-state index contributed by atoms with van der Waals surface area (Å²) < 4.78 is 5.31. The number of benzene rings is 2. The molecule has 0 aliphatic heterocycles. The first-order valence-electron chi connectivity index (χ1n) is 10.3. The van der Waals surface area contributed by atoms with Crippen LogP contribution in [-0.2, 0) is 10.2 Å². The van der Waals surface area contributed by atoms with Crippen molar-refractivity contribution in [2.45, 2.75) is 50.9 Å². The summed E-state index contributed by atoms with van der Waals surface area (Å²) >= 11 is 0. The van der Waals surface area contributed by atoms with Crippen molar-refractivity contribution in [2.75, 3.05) is 13.7 Å². The standard InChI is InChI=1S/C21H25NO2.C3H7NO/c1-24-19-13-7-6-12-18(19)20(23)22-16-21(14-8-3-9-15-21)17-10-4-2-5-11-17;1-2-3(4)5/h2,4-7,10-13H,3,8-9,14-16H2,1H3,(H,22,23);2H2,1H3,(H2,4,5). The first-order chi connectivity index (χ1) is 14.0. The molecule has 0 radical (unpaired) electrons. The van der Waals surface area contributed by atoms with Crippen LogP contribution in [-0.4, -0.2) is 25.5 Å². The second-order valence-corrected chi connectivity index (χ2v) is 7.41. The van der Waals surface area contributed by atoms with E-state index in [2.05, 4.69) is 35.3 Å². The lowest BCUT2D eigenvalue weighted by Crippen LogP contribution is -2.42. The van der Waals surface area contributed by atoms with E-state index in [0.29, 0.717) is 24.3 Å². The third-order valence-electron chi connectivity index (χ3n) is 5.48. The van der Waals surface area contributed by atoms with Gasteiger partial charge in [-0.05, 0) is 30.5 Å². The van der Waals surface area contributed by atoms with Crippen LogP contribution in [0.3, 0.4) is 0 Å². The molecule has 1 aliphatic rings. The molecule has 3 N–H and O–H groups in total. The number of rotatable bonds is 6. The summed E-state index contributed by atoms with van der Waals surface area (Å²) in [5, 5.41) is 3.16. The maximum Gasteiger partial charge on any atom is 0.255 e. The van der Waals surface area contributed by atoms with E-state index in [4.69, 9.17) is 4.74 Å². The Morgan fingerprint density at radius 1 is 1.00 bits per heavy atom. The number of nitrogens with two attached hydrogens (primary N) is 1. The van der Waals surface area contributed by atoms with Gasteiger partial charge in [0.2, 0.25) is 5.91 Å². The number of carbonyl (C=O) groups excluding carboxylic acids is 2. The molecule has 0 saturated heterocycles. The van der Waals surface area contributed by atoms with Crippen LogP contribution in [0.4, 0.5) is 0 Å². The van der Waals surface area contributed by atoms with Crippen molar-refractivity contribution in [3.05, 3.63) is 65.7 Å². The highest BCUT2D eigenvalue weighted by Crippen LogP contribution is 2.39. The van der Waals surface area contributed by atoms with Crippen LogP contribution in [0.5, 0.6) is 5.75 Å². The van der Waals surface area contributed by atoms with E-state index in [1.807, 2.05) is 30.3 Å². The number of para-hydroxylation sites is 1. The quantitative estimate of drug-likeness (QED) is 0.767. The lowest BCUT2D eigenvalue weighted by Gasteiger charge is -2.38. The van der Waals surface area contributed by atoms with Gasteiger partial charge in [-0.15, -0.1) is 0 Å². The number of nitrogens with one attached hydrogen (secondary N) is 1. The molecular formula is C24H32N2O3. The van der Waals surface area contributed by atoms with Crippen LogP contribution in [0, 0.1) is 0 Å². The summed E-state index contributed by atoms with van der Waals surface area (Å²) in [6, 6.07) is 18.0. The van der Waals surface area contributed by atoms with Crippen LogP contribution >= 0.6 is 0 Å². The Morgan fingerprint density at radius 2 is 1.59 bits per heavy atom. The maximum absolute atomic E-state index is 12.6. The van der Waals surface area contributed by atoms with Gasteiger partial charge in [-0.3, -0.25) is 9.59 Å². The second-order valence-electron chi connectivity index (χ2n) is 7.41. The fourth-order valence-electron chi connectivity index (χ4n) is 3.76. The Hall–Kier alpha value is -2.82. The zero-order valence-electron chi connectivity index (χ0n) is 17.4. The largest absolute Gasteiger partial charge is 0.496 e. The zero-order valence-corrected chi connectivity index (χ0v) is 17.4. The van der Waals surface area contributed by atoms with Gasteiger partial charge in [-0.2, -0.15) is 0 Å². The Morgan fingerprint density at radius 3 is 2.17 bits per heavy atom. The van der Waals surface area contributed by atoms with Crippen molar-refractivity contribution < 1.29 is 14.3 Å². The van der Waals surface area contributed by atoms with Crippen LogP contribution in [0.2, 0.25) is 0 Å². The van der Waals surface area contributed by atoms with Crippen LogP contribution in [0.1, 0.15) is 61.4 Å². The molecule has 0 bridgehead atoms. The molecule has 0 aromatic heterocycles. The topological polar surface area (TPSA) is 81.4 Å². The average molecular weight is 397 g/mol. The van der Waals surface area contributed by atoms with Crippen molar-refractivity contribution in [2.24, 2.45) is 5.73 Å². The minimum absolute atomic E-state index is 0.0528. The fraction of sp³-hybridized carbons (Fsp3) is 0.417. The highest BCUT2D eigenvalue weighted by atomic mass is 16.5. The van der Waals surface area contributed by atoms with Gasteiger partial charge in [0.1, 0.15) is 5.75 Å². The van der Waals surface area contributed by atoms with Crippen LogP contribution in [0.15, 0.2) is 54.6 Å². The molecule has 1 aliphatic carbocycles. The predicted octanol–water partition coefficient (Wildman–Crippen LogP) is 4.21. The van der Waals surface area contributed by atoms with Crippen molar-refractivity contribution in [1.29, 1.82) is 0 Å². The fourth-order valence-corrected chi connectivity index (χ4v) is 3.76. The van der Waals surface area contributed by atoms with E-state index in [1.54, 1.807) is 14.0 Å². The average Bonchev–Trinajstić information content (AvgIpc) is 2.79. The zero-order chi connectivity index (χ0) is 21.1. The molecule has 3 rings (SSSR count). The highest BCUT2D eigenvalue weighted by Gasteiger charge is 2.34. The smallest absolute Gasteiger partial charge is 0.255 e. The summed E-state index contributed by atoms with van der Waals surface area (Å²) in [6.07, 6.45) is 6.43. The molecule has 0 heterocycles. The highest BCUT2D eigenvalue weighted by molar-refractivity contribution is 5.96. The summed E-state index contributed by atoms with van der Waals surface area (Å²) in [4.78, 5) is 22.2. The van der Waals surface area contributed by atoms with Crippen LogP contribution in [0.25, 0.3) is 0 Å². The number of hydrogen-bond donors (Lipinski definition) is 2. The molecule has 2 amide bonds. The SMILES string of the molecule is CCC(N)=O.COc1ccccc1C(=O)NCC1(c2ccccc2)CCCCC1. The summed E-state index contributed by atoms with van der Waals surface area (Å²) in [5.41, 5.74) is 6.64. The normalized spacial score (nSPS) is 14.8. The Labute approximate surface area is 173 Å². The lowest BCUT2D eigenvalue weighted by molar-refractivity contribution is -0.117. The third kappa shape index (κ3) is 6.34. The maximum atomic E-state index is 12.6. The second kappa shape index (κ2) is 11.2. The Kier molecular flexibility index (Phi) is 8.71. The van der Waals surface area contributed by atoms with Gasteiger partial charge in [0, 0.05) is 18.4 Å². The molecule has 0 atom stereocenters. The number of primary amides is 1. The number of methoxy groups -OCH3 is 1. The number of carbonyl (C=O) groups is 2. The molecule has 156 valence electrons. The van der Waals surface area contributed by atoms with Gasteiger partial charge in [0.05, 0.1) is 12.7 Å². The van der Waals surface area contributed by atoms with Crippen molar-refractivity contribution in [1.82, 2.24) is 5.32 Å². The van der Waals surface area contributed by atoms with Crippen LogP contribution < -0.4 is 15.8 Å². The number of hydrogen-bond acceptors (Lipinski definition) is 3. The summed E-state index contributed by atoms with van der Waals surface area (Å²) in [6.45, 7) is 2.40. The molecular weight excluding hydrogens is 364 g/mol. The molecule has 5 heteroatoms. The summed E-state index contributed by atoms with van der Waals surface area (Å²) in [5.74, 6) is 0.311. The minimum atomic E-state index is -0.245. The van der Waals surface area contributed by atoms with E-state index >= 15 is 0 Å². The molecule has 29 heavy (non-hydrogen) atoms. The first-order valence-corrected chi connectivity index (χ1v) is 10.3. The molecule has 0 spiro atoms. The Bertz CT molecular complexity index is 784. The molecule has 2 aromatic rings. The first kappa shape index (κ1) is 22.5. The van der Waals surface area contributed by atoms with Crippen molar-refractivity contribution in [3.63, 3.8) is 0 Å². The molecule has 2 aromatic carbocycles. The van der Waals surface area contributed by atoms with Gasteiger partial charge in [-0.25, -0.2) is 0 Å². The Balaban J connectivity index is 0.000000537. The van der Waals surface area contributed by atoms with Gasteiger partial charge in [0.15, 0.2) is 0 Å². The predicted molar refractivity (Wildman–Crippen MR) is 116 cm³/mol. The lowest BCUT2D eigenvalue weighted by atomic mass is 9.69. The monoisotopic (exact) mass is 396 g/mol. The third-order valence-corrected chi connectivity index (χ3v) is 5.48. The van der Waals surface area contributed by atoms with Gasteiger partial charge in [0.25, 0.3) is 5.91 Å². The minimum Gasteiger partial charge on any atom is -0.496 e. The molecule has 1 saturated carbocycles. The van der Waals surface area contributed by atoms with Crippen molar-refractivity contribution in [3.8, 4) is 5.75 Å². The molecule has 0 unspecified atom stereocenters. The number of ether oxygens (including phenoxy) is 1. The molecule has 5 nitrogen and oxygen atoms in total. The van der Waals surface area contributed by atoms with E-state index in [0.717, 1.165) is 12.8 Å².